The van der Waals surface area contributed by atoms with E-state index in [9.17, 15) is 0 Å². The Morgan fingerprint density at radius 2 is 1.57 bits per heavy atom. The Hall–Kier alpha value is -1.22. The number of ether oxygens (including phenoxy) is 2. The van der Waals surface area contributed by atoms with Gasteiger partial charge in [0.05, 0.1) is 12.7 Å². The second kappa shape index (κ2) is 5.88. The van der Waals surface area contributed by atoms with Crippen LogP contribution in [0.3, 0.4) is 0 Å². The molecule has 0 saturated carbocycles. The fraction of sp³-hybridized carbons (Fsp3) is 0.294. The minimum absolute atomic E-state index is 0.0457. The van der Waals surface area contributed by atoms with Gasteiger partial charge >= 0.3 is 0 Å². The first-order valence-corrected chi connectivity index (χ1v) is 7.65. The Balaban J connectivity index is 1.65. The van der Waals surface area contributed by atoms with E-state index in [1.807, 2.05) is 55.5 Å². The van der Waals surface area contributed by atoms with Crippen molar-refractivity contribution in [3.63, 3.8) is 0 Å². The number of hydrogen-bond donors (Lipinski definition) is 0. The summed E-state index contributed by atoms with van der Waals surface area (Å²) in [4.78, 5) is 0. The summed E-state index contributed by atoms with van der Waals surface area (Å²) >= 11 is 11.8. The van der Waals surface area contributed by atoms with E-state index in [1.54, 1.807) is 0 Å². The summed E-state index contributed by atoms with van der Waals surface area (Å²) in [5, 5.41) is 1.44. The molecule has 0 amide bonds. The van der Waals surface area contributed by atoms with Gasteiger partial charge in [0.15, 0.2) is 0 Å². The lowest BCUT2D eigenvalue weighted by molar-refractivity contribution is 0.159. The number of epoxide rings is 1. The predicted octanol–water partition coefficient (Wildman–Crippen LogP) is 5.08. The van der Waals surface area contributed by atoms with Crippen molar-refractivity contribution in [2.75, 3.05) is 6.61 Å². The van der Waals surface area contributed by atoms with E-state index in [-0.39, 0.29) is 11.7 Å². The highest BCUT2D eigenvalue weighted by Crippen LogP contribution is 2.43. The average Bonchev–Trinajstić information content (AvgIpc) is 3.23. The van der Waals surface area contributed by atoms with Crippen molar-refractivity contribution >= 4 is 23.2 Å². The van der Waals surface area contributed by atoms with Crippen LogP contribution in [0.4, 0.5) is 0 Å². The quantitative estimate of drug-likeness (QED) is 0.716. The molecule has 110 valence electrons. The standard InChI is InChI=1S/C17H16Cl2O2/c1-12(21-16-8-6-15(19)7-9-16)10-17(11-20-17)13-2-4-14(18)5-3-13/h2-9,12H,10-11H2,1H3. The van der Waals surface area contributed by atoms with Crippen LogP contribution in [-0.2, 0) is 10.3 Å². The van der Waals surface area contributed by atoms with Crippen LogP contribution >= 0.6 is 23.2 Å². The first-order chi connectivity index (χ1) is 10.1. The van der Waals surface area contributed by atoms with E-state index in [2.05, 4.69) is 0 Å². The van der Waals surface area contributed by atoms with Crippen molar-refractivity contribution in [3.05, 3.63) is 64.1 Å². The molecule has 21 heavy (non-hydrogen) atoms. The zero-order chi connectivity index (χ0) is 14.9. The predicted molar refractivity (Wildman–Crippen MR) is 85.2 cm³/mol. The van der Waals surface area contributed by atoms with E-state index in [4.69, 9.17) is 32.7 Å². The van der Waals surface area contributed by atoms with Crippen molar-refractivity contribution in [1.29, 1.82) is 0 Å². The topological polar surface area (TPSA) is 21.8 Å². The lowest BCUT2D eigenvalue weighted by atomic mass is 9.94. The monoisotopic (exact) mass is 322 g/mol. The molecule has 2 aromatic rings. The summed E-state index contributed by atoms with van der Waals surface area (Å²) in [6.07, 6.45) is 0.849. The summed E-state index contributed by atoms with van der Waals surface area (Å²) in [7, 11) is 0. The van der Waals surface area contributed by atoms with Gasteiger partial charge in [-0.15, -0.1) is 0 Å². The largest absolute Gasteiger partial charge is 0.491 e. The van der Waals surface area contributed by atoms with Gasteiger partial charge in [-0.3, -0.25) is 0 Å². The van der Waals surface area contributed by atoms with Gasteiger partial charge in [0.2, 0.25) is 0 Å². The van der Waals surface area contributed by atoms with Crippen LogP contribution in [0.1, 0.15) is 18.9 Å². The highest BCUT2D eigenvalue weighted by molar-refractivity contribution is 6.30. The first kappa shape index (κ1) is 14.7. The molecule has 2 aromatic carbocycles. The lowest BCUT2D eigenvalue weighted by Crippen LogP contribution is -2.21. The van der Waals surface area contributed by atoms with Crippen LogP contribution in [-0.4, -0.2) is 12.7 Å². The van der Waals surface area contributed by atoms with Crippen molar-refractivity contribution in [2.45, 2.75) is 25.0 Å². The van der Waals surface area contributed by atoms with Gasteiger partial charge in [-0.2, -0.15) is 0 Å². The highest BCUT2D eigenvalue weighted by atomic mass is 35.5. The third kappa shape index (κ3) is 3.52. The fourth-order valence-electron chi connectivity index (χ4n) is 2.49. The molecular weight excluding hydrogens is 307 g/mol. The van der Waals surface area contributed by atoms with Crippen LogP contribution in [0.2, 0.25) is 10.0 Å². The molecule has 1 aliphatic heterocycles. The molecule has 0 N–H and O–H groups in total. The fourth-order valence-corrected chi connectivity index (χ4v) is 2.75. The third-order valence-corrected chi connectivity index (χ3v) is 4.14. The van der Waals surface area contributed by atoms with Gasteiger partial charge in [0.1, 0.15) is 11.4 Å². The van der Waals surface area contributed by atoms with Crippen LogP contribution in [0.5, 0.6) is 5.75 Å². The summed E-state index contributed by atoms with van der Waals surface area (Å²) in [5.41, 5.74) is 0.926. The molecule has 0 aromatic heterocycles. The molecule has 1 aliphatic rings. The normalized spacial score (nSPS) is 21.9. The minimum Gasteiger partial charge on any atom is -0.491 e. The number of benzene rings is 2. The van der Waals surface area contributed by atoms with E-state index in [1.165, 1.54) is 0 Å². The minimum atomic E-state index is -0.226. The molecule has 2 atom stereocenters. The van der Waals surface area contributed by atoms with Gasteiger partial charge in [-0.05, 0) is 48.9 Å². The second-order valence-corrected chi connectivity index (χ2v) is 6.25. The van der Waals surface area contributed by atoms with Crippen molar-refractivity contribution < 1.29 is 9.47 Å². The number of hydrogen-bond acceptors (Lipinski definition) is 2. The van der Waals surface area contributed by atoms with Crippen molar-refractivity contribution in [1.82, 2.24) is 0 Å². The van der Waals surface area contributed by atoms with E-state index in [0.29, 0.717) is 5.02 Å². The zero-order valence-electron chi connectivity index (χ0n) is 11.7. The maximum Gasteiger partial charge on any atom is 0.120 e. The maximum absolute atomic E-state index is 5.93. The maximum atomic E-state index is 5.93. The number of halogens is 2. The van der Waals surface area contributed by atoms with E-state index < -0.39 is 0 Å². The van der Waals surface area contributed by atoms with Crippen LogP contribution in [0, 0.1) is 0 Å². The molecule has 0 radical (unpaired) electrons. The second-order valence-electron chi connectivity index (χ2n) is 5.38. The smallest absolute Gasteiger partial charge is 0.120 e. The molecule has 2 nitrogen and oxygen atoms in total. The lowest BCUT2D eigenvalue weighted by Gasteiger charge is -2.19. The molecule has 0 bridgehead atoms. The zero-order valence-corrected chi connectivity index (χ0v) is 13.2. The summed E-state index contributed by atoms with van der Waals surface area (Å²) in [6, 6.07) is 15.2. The first-order valence-electron chi connectivity index (χ1n) is 6.90. The Bertz CT molecular complexity index is 604. The SMILES string of the molecule is CC(CC1(c2ccc(Cl)cc2)CO1)Oc1ccc(Cl)cc1. The molecule has 2 unspecified atom stereocenters. The molecule has 1 heterocycles. The molecular formula is C17H16Cl2O2. The Morgan fingerprint density at radius 1 is 1.05 bits per heavy atom. The van der Waals surface area contributed by atoms with Crippen molar-refractivity contribution in [2.24, 2.45) is 0 Å². The Labute approximate surface area is 134 Å². The van der Waals surface area contributed by atoms with Crippen LogP contribution in [0.15, 0.2) is 48.5 Å². The van der Waals surface area contributed by atoms with E-state index in [0.717, 1.165) is 29.4 Å². The summed E-state index contributed by atoms with van der Waals surface area (Å²) in [6.45, 7) is 2.77. The molecule has 0 aliphatic carbocycles. The van der Waals surface area contributed by atoms with Gasteiger partial charge in [-0.1, -0.05) is 35.3 Å². The molecule has 1 saturated heterocycles. The van der Waals surface area contributed by atoms with Crippen LogP contribution < -0.4 is 4.74 Å². The van der Waals surface area contributed by atoms with Gasteiger partial charge in [0, 0.05) is 16.5 Å². The van der Waals surface area contributed by atoms with Gasteiger partial charge < -0.3 is 9.47 Å². The van der Waals surface area contributed by atoms with Gasteiger partial charge in [0.25, 0.3) is 0 Å². The summed E-state index contributed by atoms with van der Waals surface area (Å²) in [5.74, 6) is 0.818. The van der Waals surface area contributed by atoms with E-state index >= 15 is 0 Å². The molecule has 3 rings (SSSR count). The molecule has 1 fully saturated rings. The summed E-state index contributed by atoms with van der Waals surface area (Å²) < 4.78 is 11.6. The highest BCUT2D eigenvalue weighted by Gasteiger charge is 2.47. The van der Waals surface area contributed by atoms with Crippen molar-refractivity contribution in [3.8, 4) is 5.75 Å². The molecule has 4 heteroatoms. The number of rotatable bonds is 5. The van der Waals surface area contributed by atoms with Gasteiger partial charge in [-0.25, -0.2) is 0 Å². The molecule has 0 spiro atoms. The Morgan fingerprint density at radius 3 is 2.10 bits per heavy atom. The van der Waals surface area contributed by atoms with Crippen LogP contribution in [0.25, 0.3) is 0 Å². The third-order valence-electron chi connectivity index (χ3n) is 3.63. The average molecular weight is 323 g/mol. The Kier molecular flexibility index (Phi) is 4.12.